The van der Waals surface area contributed by atoms with Crippen LogP contribution in [0.5, 0.6) is 17.4 Å². The molecule has 2 heterocycles. The van der Waals surface area contributed by atoms with Crippen LogP contribution in [0.25, 0.3) is 11.1 Å². The molecule has 0 aliphatic carbocycles. The summed E-state index contributed by atoms with van der Waals surface area (Å²) in [6.45, 7) is -0.215. The summed E-state index contributed by atoms with van der Waals surface area (Å²) in [5.74, 6) is -1.73. The number of nitrogens with one attached hydrogen (secondary N) is 1. The highest BCUT2D eigenvalue weighted by atomic mass is 79.9. The summed E-state index contributed by atoms with van der Waals surface area (Å²) in [6, 6.07) is 6.61. The van der Waals surface area contributed by atoms with Gasteiger partial charge in [0.2, 0.25) is 5.88 Å². The zero-order chi connectivity index (χ0) is 24.6. The number of pyridine rings is 1. The largest absolute Gasteiger partial charge is 0.494 e. The Hall–Kier alpha value is -3.38. The predicted octanol–water partition coefficient (Wildman–Crippen LogP) is 4.15. The molecule has 0 saturated heterocycles. The first-order valence-corrected chi connectivity index (χ1v) is 11.9. The highest BCUT2D eigenvalue weighted by molar-refractivity contribution is 9.10. The van der Waals surface area contributed by atoms with Gasteiger partial charge in [-0.1, -0.05) is 0 Å². The molecular formula is C22H18BrFN2O7S. The summed E-state index contributed by atoms with van der Waals surface area (Å²) in [5, 5.41) is 0. The Morgan fingerprint density at radius 3 is 2.44 bits per heavy atom. The van der Waals surface area contributed by atoms with Crippen molar-refractivity contribution in [2.75, 3.05) is 26.1 Å². The van der Waals surface area contributed by atoms with Gasteiger partial charge < -0.3 is 18.9 Å². The fraction of sp³-hybridized carbons (Fsp3) is 0.182. The third kappa shape index (κ3) is 4.26. The van der Waals surface area contributed by atoms with E-state index in [0.717, 1.165) is 6.07 Å². The van der Waals surface area contributed by atoms with Gasteiger partial charge in [0, 0.05) is 17.8 Å². The fourth-order valence-electron chi connectivity index (χ4n) is 3.50. The molecule has 2 aromatic carbocycles. The number of carbonyl (C=O) groups is 1. The molecule has 0 unspecified atom stereocenters. The number of aromatic nitrogens is 1. The monoisotopic (exact) mass is 552 g/mol. The molecule has 0 fully saturated rings. The standard InChI is InChI=1S/C22H18BrFN2O7S/c1-30-19-8-14-11-5-16(24)21(32-3)17(6-11)26-34(28,29)18-7-12(4-15(23)20(18)31-2)22(27)33-10-13(14)9-25-19/h4-9,26H,10H2,1-3H3. The Labute approximate surface area is 203 Å². The van der Waals surface area contributed by atoms with Gasteiger partial charge in [0.25, 0.3) is 10.0 Å². The summed E-state index contributed by atoms with van der Waals surface area (Å²) >= 11 is 3.23. The molecule has 178 valence electrons. The summed E-state index contributed by atoms with van der Waals surface area (Å²) in [7, 11) is -0.468. The van der Waals surface area contributed by atoms with Crippen LogP contribution in [0.2, 0.25) is 0 Å². The number of methoxy groups -OCH3 is 3. The number of fused-ring (bicyclic) bond motifs is 6. The highest BCUT2D eigenvalue weighted by Crippen LogP contribution is 2.40. The van der Waals surface area contributed by atoms with Gasteiger partial charge in [-0.05, 0) is 51.3 Å². The van der Waals surface area contributed by atoms with Crippen molar-refractivity contribution in [2.24, 2.45) is 0 Å². The van der Waals surface area contributed by atoms with Crippen LogP contribution in [-0.2, 0) is 21.4 Å². The molecule has 1 N–H and O–H groups in total. The summed E-state index contributed by atoms with van der Waals surface area (Å²) in [6.07, 6.45) is 1.43. The lowest BCUT2D eigenvalue weighted by Gasteiger charge is -2.17. The van der Waals surface area contributed by atoms with Crippen LogP contribution < -0.4 is 18.9 Å². The van der Waals surface area contributed by atoms with E-state index in [4.69, 9.17) is 18.9 Å². The number of benzene rings is 2. The summed E-state index contributed by atoms with van der Waals surface area (Å²) in [4.78, 5) is 16.6. The second-order valence-corrected chi connectivity index (χ2v) is 9.60. The first-order chi connectivity index (χ1) is 16.2. The van der Waals surface area contributed by atoms with E-state index >= 15 is 4.39 Å². The number of cyclic esters (lactones) is 1. The number of nitrogens with zero attached hydrogens (tertiary/aromatic N) is 1. The summed E-state index contributed by atoms with van der Waals surface area (Å²) in [5.41, 5.74) is 0.947. The third-order valence-electron chi connectivity index (χ3n) is 5.07. The molecule has 0 saturated carbocycles. The maximum atomic E-state index is 15.0. The number of ether oxygens (including phenoxy) is 4. The van der Waals surface area contributed by atoms with E-state index in [0.29, 0.717) is 11.1 Å². The molecule has 9 nitrogen and oxygen atoms in total. The van der Waals surface area contributed by atoms with E-state index in [1.165, 1.54) is 51.8 Å². The van der Waals surface area contributed by atoms with Crippen LogP contribution in [0, 0.1) is 5.82 Å². The number of hydrogen-bond donors (Lipinski definition) is 1. The Kier molecular flexibility index (Phi) is 6.36. The molecule has 1 aromatic heterocycles. The molecule has 0 spiro atoms. The van der Waals surface area contributed by atoms with Crippen molar-refractivity contribution in [3.63, 3.8) is 0 Å². The van der Waals surface area contributed by atoms with Crippen LogP contribution in [0.15, 0.2) is 45.9 Å². The molecule has 4 rings (SSSR count). The van der Waals surface area contributed by atoms with Crippen molar-refractivity contribution in [3.8, 4) is 28.5 Å². The van der Waals surface area contributed by atoms with E-state index in [2.05, 4.69) is 25.6 Å². The van der Waals surface area contributed by atoms with Gasteiger partial charge in [-0.2, -0.15) is 0 Å². The molecule has 0 radical (unpaired) electrons. The Morgan fingerprint density at radius 1 is 1.03 bits per heavy atom. The maximum absolute atomic E-state index is 15.0. The van der Waals surface area contributed by atoms with Crippen LogP contribution in [-0.4, -0.2) is 40.7 Å². The number of hydrogen-bond acceptors (Lipinski definition) is 8. The first kappa shape index (κ1) is 23.8. The lowest BCUT2D eigenvalue weighted by molar-refractivity contribution is 0.0472. The van der Waals surface area contributed by atoms with Crippen LogP contribution >= 0.6 is 15.9 Å². The van der Waals surface area contributed by atoms with Gasteiger partial charge in [0.05, 0.1) is 37.1 Å². The van der Waals surface area contributed by atoms with Crippen molar-refractivity contribution in [1.82, 2.24) is 4.98 Å². The van der Waals surface area contributed by atoms with E-state index in [-0.39, 0.29) is 50.2 Å². The zero-order valence-electron chi connectivity index (χ0n) is 18.1. The first-order valence-electron chi connectivity index (χ1n) is 9.66. The average Bonchev–Trinajstić information content (AvgIpc) is 2.81. The van der Waals surface area contributed by atoms with E-state index < -0.39 is 21.8 Å². The molecule has 34 heavy (non-hydrogen) atoms. The Bertz CT molecular complexity index is 1410. The van der Waals surface area contributed by atoms with Crippen LogP contribution in [0.4, 0.5) is 10.1 Å². The van der Waals surface area contributed by atoms with Crippen molar-refractivity contribution < 1.29 is 36.6 Å². The zero-order valence-corrected chi connectivity index (χ0v) is 20.5. The molecule has 0 amide bonds. The van der Waals surface area contributed by atoms with Gasteiger partial charge in [-0.15, -0.1) is 0 Å². The number of sulfonamides is 1. The minimum absolute atomic E-state index is 0.0415. The second-order valence-electron chi connectivity index (χ2n) is 7.09. The SMILES string of the molecule is COc1cc2c(cn1)COC(=O)c1cc(Br)c(OC)c(c1)S(=O)(=O)Nc1cc-2cc(F)c1OC. The van der Waals surface area contributed by atoms with Gasteiger partial charge in [-0.25, -0.2) is 22.6 Å². The minimum atomic E-state index is -4.38. The summed E-state index contributed by atoms with van der Waals surface area (Å²) < 4.78 is 65.3. The predicted molar refractivity (Wildman–Crippen MR) is 123 cm³/mol. The molecule has 3 aromatic rings. The normalized spacial score (nSPS) is 14.3. The van der Waals surface area contributed by atoms with Crippen molar-refractivity contribution in [3.05, 3.63) is 57.9 Å². The smallest absolute Gasteiger partial charge is 0.338 e. The van der Waals surface area contributed by atoms with E-state index in [1.54, 1.807) is 0 Å². The van der Waals surface area contributed by atoms with Crippen LogP contribution in [0.1, 0.15) is 15.9 Å². The maximum Gasteiger partial charge on any atom is 0.338 e. The van der Waals surface area contributed by atoms with Crippen molar-refractivity contribution >= 4 is 37.6 Å². The highest BCUT2D eigenvalue weighted by Gasteiger charge is 2.28. The average molecular weight is 553 g/mol. The molecular weight excluding hydrogens is 535 g/mol. The number of anilines is 1. The number of halogens is 2. The molecule has 0 atom stereocenters. The molecule has 1 aliphatic rings. The molecule has 12 heteroatoms. The molecule has 4 bridgehead atoms. The fourth-order valence-corrected chi connectivity index (χ4v) is 5.53. The van der Waals surface area contributed by atoms with Gasteiger partial charge in [0.15, 0.2) is 17.3 Å². The number of rotatable bonds is 3. The lowest BCUT2D eigenvalue weighted by Crippen LogP contribution is -2.16. The Balaban J connectivity index is 2.04. The minimum Gasteiger partial charge on any atom is -0.494 e. The van der Waals surface area contributed by atoms with Gasteiger partial charge >= 0.3 is 5.97 Å². The van der Waals surface area contributed by atoms with Gasteiger partial charge in [-0.3, -0.25) is 4.72 Å². The quantitative estimate of drug-likeness (QED) is 0.482. The van der Waals surface area contributed by atoms with Crippen molar-refractivity contribution in [2.45, 2.75) is 11.5 Å². The van der Waals surface area contributed by atoms with Gasteiger partial charge in [0.1, 0.15) is 11.5 Å². The van der Waals surface area contributed by atoms with Crippen LogP contribution in [0.3, 0.4) is 0 Å². The third-order valence-corrected chi connectivity index (χ3v) is 7.03. The number of esters is 1. The second kappa shape index (κ2) is 9.11. The lowest BCUT2D eigenvalue weighted by atomic mass is 10.0. The number of carbonyl (C=O) groups excluding carboxylic acids is 1. The topological polar surface area (TPSA) is 113 Å². The van der Waals surface area contributed by atoms with E-state index in [9.17, 15) is 13.2 Å². The van der Waals surface area contributed by atoms with Crippen molar-refractivity contribution in [1.29, 1.82) is 0 Å². The molecule has 1 aliphatic heterocycles. The Morgan fingerprint density at radius 2 is 1.76 bits per heavy atom. The van der Waals surface area contributed by atoms with E-state index in [1.807, 2.05) is 0 Å².